The number of hydrogen-bond donors (Lipinski definition) is 1. The van der Waals surface area contributed by atoms with E-state index in [1.807, 2.05) is 0 Å². The molecular formula is C16H24N2O2S. The van der Waals surface area contributed by atoms with E-state index in [-0.39, 0.29) is 16.8 Å². The number of rotatable bonds is 2. The van der Waals surface area contributed by atoms with Crippen molar-refractivity contribution in [2.45, 2.75) is 68.3 Å². The molecule has 2 bridgehead atoms. The van der Waals surface area contributed by atoms with Gasteiger partial charge < -0.3 is 10.1 Å². The molecule has 4 nitrogen and oxygen atoms in total. The molecule has 5 heteroatoms. The number of nitrogens with one attached hydrogen (secondary N) is 1. The molecule has 3 saturated carbocycles. The lowest BCUT2D eigenvalue weighted by Gasteiger charge is -2.33. The Morgan fingerprint density at radius 1 is 1.33 bits per heavy atom. The van der Waals surface area contributed by atoms with E-state index in [9.17, 15) is 4.79 Å². The van der Waals surface area contributed by atoms with E-state index in [0.717, 1.165) is 42.7 Å². The third kappa shape index (κ3) is 2.42. The maximum atomic E-state index is 12.5. The van der Waals surface area contributed by atoms with E-state index in [1.54, 1.807) is 18.9 Å². The predicted octanol–water partition coefficient (Wildman–Crippen LogP) is 2.72. The van der Waals surface area contributed by atoms with Gasteiger partial charge in [-0.2, -0.15) is 0 Å². The van der Waals surface area contributed by atoms with Crippen LogP contribution >= 0.6 is 11.8 Å². The Bertz CT molecular complexity index is 481. The van der Waals surface area contributed by atoms with Crippen molar-refractivity contribution in [2.24, 2.45) is 16.8 Å². The first-order chi connectivity index (χ1) is 10.2. The lowest BCUT2D eigenvalue weighted by Crippen LogP contribution is -2.42. The Kier molecular flexibility index (Phi) is 3.53. The van der Waals surface area contributed by atoms with Crippen LogP contribution in [0.25, 0.3) is 0 Å². The number of carbonyl (C=O) groups excluding carboxylic acids is 1. The fourth-order valence-corrected chi connectivity index (χ4v) is 6.10. The van der Waals surface area contributed by atoms with Crippen molar-refractivity contribution >= 4 is 22.8 Å². The summed E-state index contributed by atoms with van der Waals surface area (Å²) in [4.78, 5) is 17.4. The number of carbonyl (C=O) groups is 1. The molecule has 5 atom stereocenters. The van der Waals surface area contributed by atoms with Crippen LogP contribution in [0.4, 0.5) is 0 Å². The van der Waals surface area contributed by atoms with Crippen LogP contribution in [0.1, 0.15) is 51.4 Å². The Labute approximate surface area is 130 Å². The average Bonchev–Trinajstić information content (AvgIpc) is 3.16. The molecule has 0 aromatic heterocycles. The monoisotopic (exact) mass is 308 g/mol. The maximum absolute atomic E-state index is 12.5. The molecule has 1 saturated heterocycles. The van der Waals surface area contributed by atoms with E-state index in [1.165, 1.54) is 25.7 Å². The highest BCUT2D eigenvalue weighted by Crippen LogP contribution is 2.48. The molecule has 4 aliphatic rings. The Morgan fingerprint density at radius 2 is 2.24 bits per heavy atom. The molecule has 1 amide bonds. The van der Waals surface area contributed by atoms with Crippen molar-refractivity contribution in [2.75, 3.05) is 7.11 Å². The number of amidine groups is 1. The standard InChI is InChI=1S/C16H24N2O2S/c1-20-12-3-2-6-16(9-12)14(19)18-15(21-16)17-13-8-10-4-5-11(13)7-10/h10-13H,2-9H2,1H3,(H,17,18,19)/t10-,11+,12?,13+,16?/m1/s1. The van der Waals surface area contributed by atoms with E-state index < -0.39 is 0 Å². The fourth-order valence-electron chi connectivity index (χ4n) is 4.73. The maximum Gasteiger partial charge on any atom is 0.242 e. The van der Waals surface area contributed by atoms with Crippen molar-refractivity contribution in [1.82, 2.24) is 5.32 Å². The van der Waals surface area contributed by atoms with Gasteiger partial charge in [0.15, 0.2) is 5.17 Å². The number of aliphatic imine (C=N–C) groups is 1. The summed E-state index contributed by atoms with van der Waals surface area (Å²) in [5.41, 5.74) is 0. The minimum atomic E-state index is -0.310. The summed E-state index contributed by atoms with van der Waals surface area (Å²) in [6, 6.07) is 0.462. The van der Waals surface area contributed by atoms with E-state index >= 15 is 0 Å². The van der Waals surface area contributed by atoms with Crippen LogP contribution in [0.2, 0.25) is 0 Å². The van der Waals surface area contributed by atoms with Crippen LogP contribution in [0.5, 0.6) is 0 Å². The van der Waals surface area contributed by atoms with Gasteiger partial charge in [0, 0.05) is 7.11 Å². The van der Waals surface area contributed by atoms with Crippen LogP contribution < -0.4 is 5.32 Å². The molecule has 1 aliphatic heterocycles. The molecule has 1 heterocycles. The second-order valence-corrected chi connectivity index (χ2v) is 8.55. The van der Waals surface area contributed by atoms with Gasteiger partial charge in [-0.05, 0) is 56.8 Å². The number of fused-ring (bicyclic) bond motifs is 2. The highest BCUT2D eigenvalue weighted by atomic mass is 32.2. The quantitative estimate of drug-likeness (QED) is 0.853. The summed E-state index contributed by atoms with van der Waals surface area (Å²) >= 11 is 1.68. The van der Waals surface area contributed by atoms with Crippen LogP contribution in [0.3, 0.4) is 0 Å². The molecule has 0 aromatic carbocycles. The zero-order valence-corrected chi connectivity index (χ0v) is 13.5. The van der Waals surface area contributed by atoms with Gasteiger partial charge in [-0.1, -0.05) is 18.2 Å². The number of nitrogens with zero attached hydrogens (tertiary/aromatic N) is 1. The van der Waals surface area contributed by atoms with Crippen molar-refractivity contribution in [3.05, 3.63) is 0 Å². The van der Waals surface area contributed by atoms with Gasteiger partial charge in [-0.25, -0.2) is 0 Å². The van der Waals surface area contributed by atoms with Gasteiger partial charge in [-0.3, -0.25) is 9.79 Å². The highest BCUT2D eigenvalue weighted by molar-refractivity contribution is 8.16. The summed E-state index contributed by atoms with van der Waals surface area (Å²) < 4.78 is 5.19. The Balaban J connectivity index is 1.49. The molecule has 0 aromatic rings. The Morgan fingerprint density at radius 3 is 2.95 bits per heavy atom. The van der Waals surface area contributed by atoms with Gasteiger partial charge in [-0.15, -0.1) is 0 Å². The van der Waals surface area contributed by atoms with Crippen LogP contribution in [0.15, 0.2) is 4.99 Å². The third-order valence-electron chi connectivity index (χ3n) is 5.91. The van der Waals surface area contributed by atoms with E-state index in [4.69, 9.17) is 9.73 Å². The Hall–Kier alpha value is -0.550. The van der Waals surface area contributed by atoms with Crippen molar-refractivity contribution in [3.63, 3.8) is 0 Å². The summed E-state index contributed by atoms with van der Waals surface area (Å²) in [6.45, 7) is 0. The molecule has 0 radical (unpaired) electrons. The lowest BCUT2D eigenvalue weighted by molar-refractivity contribution is -0.123. The molecule has 3 aliphatic carbocycles. The van der Waals surface area contributed by atoms with Crippen molar-refractivity contribution in [1.29, 1.82) is 0 Å². The van der Waals surface area contributed by atoms with Gasteiger partial charge >= 0.3 is 0 Å². The second kappa shape index (κ2) is 5.27. The molecule has 2 unspecified atom stereocenters. The lowest BCUT2D eigenvalue weighted by atomic mass is 9.85. The molecule has 1 spiro atoms. The van der Waals surface area contributed by atoms with E-state index in [0.29, 0.717) is 6.04 Å². The molecular weight excluding hydrogens is 284 g/mol. The van der Waals surface area contributed by atoms with Crippen LogP contribution in [-0.4, -0.2) is 35.1 Å². The van der Waals surface area contributed by atoms with Gasteiger partial charge in [0.25, 0.3) is 0 Å². The van der Waals surface area contributed by atoms with Crippen molar-refractivity contribution < 1.29 is 9.53 Å². The summed E-state index contributed by atoms with van der Waals surface area (Å²) in [7, 11) is 1.76. The fraction of sp³-hybridized carbons (Fsp3) is 0.875. The minimum absolute atomic E-state index is 0.163. The minimum Gasteiger partial charge on any atom is -0.381 e. The van der Waals surface area contributed by atoms with Gasteiger partial charge in [0.2, 0.25) is 5.91 Å². The number of thioether (sulfide) groups is 1. The van der Waals surface area contributed by atoms with Crippen molar-refractivity contribution in [3.8, 4) is 0 Å². The number of amides is 1. The zero-order valence-electron chi connectivity index (χ0n) is 12.6. The molecule has 21 heavy (non-hydrogen) atoms. The first-order valence-corrected chi connectivity index (χ1v) is 9.11. The number of ether oxygens (including phenoxy) is 1. The summed E-state index contributed by atoms with van der Waals surface area (Å²) in [5.74, 6) is 1.83. The van der Waals surface area contributed by atoms with Gasteiger partial charge in [0.05, 0.1) is 12.1 Å². The highest BCUT2D eigenvalue weighted by Gasteiger charge is 2.50. The number of hydrogen-bond acceptors (Lipinski definition) is 4. The first kappa shape index (κ1) is 14.1. The molecule has 4 rings (SSSR count). The summed E-state index contributed by atoms with van der Waals surface area (Å²) in [5, 5.41) is 3.95. The molecule has 116 valence electrons. The largest absolute Gasteiger partial charge is 0.381 e. The summed E-state index contributed by atoms with van der Waals surface area (Å²) in [6.07, 6.45) is 9.47. The van der Waals surface area contributed by atoms with E-state index in [2.05, 4.69) is 5.32 Å². The smallest absolute Gasteiger partial charge is 0.242 e. The SMILES string of the molecule is COC1CCCC2(C1)SC(=N[C@H]1C[C@@H]3CC[C@H]1C3)NC2=O. The van der Waals surface area contributed by atoms with Gasteiger partial charge in [0.1, 0.15) is 4.75 Å². The second-order valence-electron chi connectivity index (χ2n) is 7.18. The number of methoxy groups -OCH3 is 1. The normalized spacial score (nSPS) is 47.5. The predicted molar refractivity (Wildman–Crippen MR) is 84.4 cm³/mol. The zero-order chi connectivity index (χ0) is 14.4. The van der Waals surface area contributed by atoms with Crippen LogP contribution in [-0.2, 0) is 9.53 Å². The molecule has 1 N–H and O–H groups in total. The molecule has 4 fully saturated rings. The topological polar surface area (TPSA) is 50.7 Å². The first-order valence-electron chi connectivity index (χ1n) is 8.29. The van der Waals surface area contributed by atoms with Crippen LogP contribution in [0, 0.1) is 11.8 Å². The third-order valence-corrected chi connectivity index (χ3v) is 7.26. The average molecular weight is 308 g/mol.